The smallest absolute Gasteiger partial charge is 0.251 e. The molecular formula is C23H27ClN2O5. The summed E-state index contributed by atoms with van der Waals surface area (Å²) in [7, 11) is 4.54. The summed E-state index contributed by atoms with van der Waals surface area (Å²) < 4.78 is 15.9. The zero-order valence-corrected chi connectivity index (χ0v) is 18.7. The summed E-state index contributed by atoms with van der Waals surface area (Å²) in [4.78, 5) is 27.2. The molecule has 7 nitrogen and oxygen atoms in total. The van der Waals surface area contributed by atoms with Gasteiger partial charge in [-0.1, -0.05) is 23.7 Å². The Morgan fingerprint density at radius 3 is 2.10 bits per heavy atom. The van der Waals surface area contributed by atoms with E-state index in [9.17, 15) is 9.59 Å². The lowest BCUT2D eigenvalue weighted by Gasteiger charge is -2.32. The first-order valence-corrected chi connectivity index (χ1v) is 10.5. The van der Waals surface area contributed by atoms with Gasteiger partial charge in [0.05, 0.1) is 27.8 Å². The summed E-state index contributed by atoms with van der Waals surface area (Å²) in [6.45, 7) is 1.21. The molecule has 0 radical (unpaired) electrons. The van der Waals surface area contributed by atoms with Crippen molar-refractivity contribution in [3.05, 3.63) is 52.5 Å². The second-order valence-electron chi connectivity index (χ2n) is 7.35. The van der Waals surface area contributed by atoms with Gasteiger partial charge in [0.2, 0.25) is 11.7 Å². The van der Waals surface area contributed by atoms with Crippen LogP contribution in [0.15, 0.2) is 36.4 Å². The molecule has 0 saturated carbocycles. The lowest BCUT2D eigenvalue weighted by molar-refractivity contribution is -0.131. The molecule has 0 unspecified atom stereocenters. The molecule has 2 amide bonds. The number of halogens is 1. The van der Waals surface area contributed by atoms with Crippen LogP contribution in [0.3, 0.4) is 0 Å². The van der Waals surface area contributed by atoms with Gasteiger partial charge in [-0.15, -0.1) is 0 Å². The number of carbonyl (C=O) groups is 2. The maximum atomic E-state index is 12.8. The number of amides is 2. The normalized spacial score (nSPS) is 14.1. The molecule has 1 heterocycles. The van der Waals surface area contributed by atoms with E-state index in [1.807, 2.05) is 17.0 Å². The Bertz CT molecular complexity index is 899. The van der Waals surface area contributed by atoms with E-state index in [2.05, 4.69) is 5.32 Å². The number of hydrogen-bond donors (Lipinski definition) is 1. The van der Waals surface area contributed by atoms with Crippen LogP contribution in [0.1, 0.15) is 28.8 Å². The lowest BCUT2D eigenvalue weighted by Crippen LogP contribution is -2.47. The number of methoxy groups -OCH3 is 3. The molecule has 166 valence electrons. The van der Waals surface area contributed by atoms with Crippen LogP contribution >= 0.6 is 11.6 Å². The molecule has 0 bridgehead atoms. The minimum atomic E-state index is -0.217. The highest BCUT2D eigenvalue weighted by atomic mass is 35.5. The van der Waals surface area contributed by atoms with Gasteiger partial charge in [0.15, 0.2) is 11.5 Å². The summed E-state index contributed by atoms with van der Waals surface area (Å²) in [6, 6.07) is 10.5. The monoisotopic (exact) mass is 446 g/mol. The highest BCUT2D eigenvalue weighted by Crippen LogP contribution is 2.38. The fourth-order valence-corrected chi connectivity index (χ4v) is 3.77. The maximum Gasteiger partial charge on any atom is 0.251 e. The second kappa shape index (κ2) is 10.4. The molecule has 1 N–H and O–H groups in total. The molecule has 2 aromatic carbocycles. The minimum absolute atomic E-state index is 0.00817. The number of rotatable bonds is 7. The lowest BCUT2D eigenvalue weighted by atomic mass is 10.0. The van der Waals surface area contributed by atoms with E-state index >= 15 is 0 Å². The van der Waals surface area contributed by atoms with Gasteiger partial charge < -0.3 is 24.4 Å². The number of benzene rings is 2. The number of likely N-dealkylation sites (tertiary alicyclic amines) is 1. The Morgan fingerprint density at radius 1 is 1.00 bits per heavy atom. The fourth-order valence-electron chi connectivity index (χ4n) is 3.64. The SMILES string of the molecule is COc1cc(C(=O)NC2CCN(C(=O)Cc3ccc(Cl)cc3)CC2)cc(OC)c1OC. The number of nitrogens with one attached hydrogen (secondary N) is 1. The quantitative estimate of drug-likeness (QED) is 0.706. The zero-order valence-electron chi connectivity index (χ0n) is 17.9. The van der Waals surface area contributed by atoms with Crippen LogP contribution in [0, 0.1) is 0 Å². The average molecular weight is 447 g/mol. The van der Waals surface area contributed by atoms with Crippen LogP contribution < -0.4 is 19.5 Å². The van der Waals surface area contributed by atoms with Crippen molar-refractivity contribution in [2.75, 3.05) is 34.4 Å². The third kappa shape index (κ3) is 5.61. The Labute approximate surface area is 187 Å². The van der Waals surface area contributed by atoms with Crippen molar-refractivity contribution >= 4 is 23.4 Å². The van der Waals surface area contributed by atoms with Crippen LogP contribution in [0.2, 0.25) is 5.02 Å². The van der Waals surface area contributed by atoms with Gasteiger partial charge >= 0.3 is 0 Å². The number of carbonyl (C=O) groups excluding carboxylic acids is 2. The van der Waals surface area contributed by atoms with Gasteiger partial charge in [-0.3, -0.25) is 9.59 Å². The summed E-state index contributed by atoms with van der Waals surface area (Å²) in [5.74, 6) is 1.15. The zero-order chi connectivity index (χ0) is 22.4. The van der Waals surface area contributed by atoms with Crippen molar-refractivity contribution in [1.29, 1.82) is 0 Å². The molecule has 0 spiro atoms. The fraction of sp³-hybridized carbons (Fsp3) is 0.391. The Balaban J connectivity index is 1.56. The third-order valence-electron chi connectivity index (χ3n) is 5.38. The molecule has 1 saturated heterocycles. The molecule has 0 aliphatic carbocycles. The number of hydrogen-bond acceptors (Lipinski definition) is 5. The number of piperidine rings is 1. The highest BCUT2D eigenvalue weighted by molar-refractivity contribution is 6.30. The van der Waals surface area contributed by atoms with Gasteiger partial charge in [0, 0.05) is 29.7 Å². The Hall–Kier alpha value is -2.93. The van der Waals surface area contributed by atoms with E-state index in [4.69, 9.17) is 25.8 Å². The van der Waals surface area contributed by atoms with Gasteiger partial charge in [-0.05, 0) is 42.7 Å². The predicted octanol–water partition coefficient (Wildman–Crippen LogP) is 3.33. The van der Waals surface area contributed by atoms with Crippen molar-refractivity contribution in [3.63, 3.8) is 0 Å². The molecule has 31 heavy (non-hydrogen) atoms. The van der Waals surface area contributed by atoms with Crippen LogP contribution in [0.4, 0.5) is 0 Å². The first-order chi connectivity index (χ1) is 14.9. The first-order valence-electron chi connectivity index (χ1n) is 10.1. The van der Waals surface area contributed by atoms with Gasteiger partial charge in [0.25, 0.3) is 5.91 Å². The van der Waals surface area contributed by atoms with Crippen LogP contribution in [-0.2, 0) is 11.2 Å². The van der Waals surface area contributed by atoms with Crippen molar-refractivity contribution < 1.29 is 23.8 Å². The van der Waals surface area contributed by atoms with Crippen molar-refractivity contribution in [1.82, 2.24) is 10.2 Å². The molecule has 2 aromatic rings. The van der Waals surface area contributed by atoms with E-state index in [0.717, 1.165) is 5.56 Å². The van der Waals surface area contributed by atoms with Crippen LogP contribution in [-0.4, -0.2) is 57.2 Å². The molecule has 0 aromatic heterocycles. The maximum absolute atomic E-state index is 12.8. The molecule has 0 atom stereocenters. The molecule has 1 fully saturated rings. The molecular weight excluding hydrogens is 420 g/mol. The molecule has 1 aliphatic rings. The van der Waals surface area contributed by atoms with E-state index in [1.165, 1.54) is 21.3 Å². The van der Waals surface area contributed by atoms with Crippen LogP contribution in [0.5, 0.6) is 17.2 Å². The number of nitrogens with zero attached hydrogens (tertiary/aromatic N) is 1. The Morgan fingerprint density at radius 2 is 1.58 bits per heavy atom. The summed E-state index contributed by atoms with van der Waals surface area (Å²) in [5.41, 5.74) is 1.36. The van der Waals surface area contributed by atoms with E-state index in [0.29, 0.717) is 60.2 Å². The second-order valence-corrected chi connectivity index (χ2v) is 7.78. The van der Waals surface area contributed by atoms with Gasteiger partial charge in [-0.25, -0.2) is 0 Å². The van der Waals surface area contributed by atoms with Gasteiger partial charge in [0.1, 0.15) is 0 Å². The van der Waals surface area contributed by atoms with E-state index < -0.39 is 0 Å². The largest absolute Gasteiger partial charge is 0.493 e. The Kier molecular flexibility index (Phi) is 7.63. The van der Waals surface area contributed by atoms with Crippen molar-refractivity contribution in [2.24, 2.45) is 0 Å². The van der Waals surface area contributed by atoms with Crippen LogP contribution in [0.25, 0.3) is 0 Å². The topological polar surface area (TPSA) is 77.1 Å². The molecule has 8 heteroatoms. The predicted molar refractivity (Wildman–Crippen MR) is 118 cm³/mol. The van der Waals surface area contributed by atoms with E-state index in [1.54, 1.807) is 24.3 Å². The average Bonchev–Trinajstić information content (AvgIpc) is 2.79. The summed E-state index contributed by atoms with van der Waals surface area (Å²) >= 11 is 5.90. The molecule has 3 rings (SSSR count). The van der Waals surface area contributed by atoms with Gasteiger partial charge in [-0.2, -0.15) is 0 Å². The summed E-state index contributed by atoms with van der Waals surface area (Å²) in [6.07, 6.45) is 1.74. The van der Waals surface area contributed by atoms with Crippen molar-refractivity contribution in [2.45, 2.75) is 25.3 Å². The van der Waals surface area contributed by atoms with Crippen molar-refractivity contribution in [3.8, 4) is 17.2 Å². The third-order valence-corrected chi connectivity index (χ3v) is 5.63. The standard InChI is InChI=1S/C23H27ClN2O5/c1-29-19-13-16(14-20(30-2)22(19)31-3)23(28)25-18-8-10-26(11-9-18)21(27)12-15-4-6-17(24)7-5-15/h4-7,13-14,18H,8-12H2,1-3H3,(H,25,28). The highest BCUT2D eigenvalue weighted by Gasteiger charge is 2.25. The summed E-state index contributed by atoms with van der Waals surface area (Å²) in [5, 5.41) is 3.70. The number of ether oxygens (including phenoxy) is 3. The molecule has 1 aliphatic heterocycles. The first kappa shape index (κ1) is 22.7. The van der Waals surface area contributed by atoms with E-state index in [-0.39, 0.29) is 17.9 Å². The minimum Gasteiger partial charge on any atom is -0.493 e.